The zero-order chi connectivity index (χ0) is 11.1. The standard InChI is InChI=1S/C14H26N2/c1-10(7-11-5-6-11)16-13-3-2-4-14(16)9-12(15)8-13/h10-14H,2-9,15H2,1H3. The number of nitrogens with two attached hydrogens (primary N) is 1. The number of piperidine rings is 2. The molecule has 3 rings (SSSR count). The van der Waals surface area contributed by atoms with Crippen molar-refractivity contribution in [3.63, 3.8) is 0 Å². The van der Waals surface area contributed by atoms with Gasteiger partial charge in [0.2, 0.25) is 0 Å². The van der Waals surface area contributed by atoms with E-state index in [2.05, 4.69) is 11.8 Å². The topological polar surface area (TPSA) is 29.3 Å². The summed E-state index contributed by atoms with van der Waals surface area (Å²) < 4.78 is 0. The molecule has 2 bridgehead atoms. The summed E-state index contributed by atoms with van der Waals surface area (Å²) in [6, 6.07) is 2.93. The molecule has 0 aromatic heterocycles. The normalized spacial score (nSPS) is 42.0. The summed E-state index contributed by atoms with van der Waals surface area (Å²) in [5, 5.41) is 0. The fourth-order valence-corrected chi connectivity index (χ4v) is 4.14. The van der Waals surface area contributed by atoms with Gasteiger partial charge in [0.15, 0.2) is 0 Å². The third-order valence-electron chi connectivity index (χ3n) is 4.95. The van der Waals surface area contributed by atoms with Crippen molar-refractivity contribution in [2.24, 2.45) is 11.7 Å². The summed E-state index contributed by atoms with van der Waals surface area (Å²) >= 11 is 0. The van der Waals surface area contributed by atoms with Crippen LogP contribution in [-0.4, -0.2) is 29.1 Å². The van der Waals surface area contributed by atoms with Crippen molar-refractivity contribution in [2.45, 2.75) is 82.5 Å². The molecule has 3 fully saturated rings. The third-order valence-corrected chi connectivity index (χ3v) is 4.95. The van der Waals surface area contributed by atoms with Crippen LogP contribution in [0.15, 0.2) is 0 Å². The zero-order valence-electron chi connectivity index (χ0n) is 10.6. The second kappa shape index (κ2) is 4.30. The Hall–Kier alpha value is -0.0800. The Morgan fingerprint density at radius 3 is 2.31 bits per heavy atom. The first kappa shape index (κ1) is 11.0. The van der Waals surface area contributed by atoms with Crippen molar-refractivity contribution >= 4 is 0 Å². The number of rotatable bonds is 3. The highest BCUT2D eigenvalue weighted by molar-refractivity contribution is 4.96. The highest BCUT2D eigenvalue weighted by atomic mass is 15.2. The number of hydrogen-bond acceptors (Lipinski definition) is 2. The summed E-state index contributed by atoms with van der Waals surface area (Å²) in [5.41, 5.74) is 6.17. The smallest absolute Gasteiger partial charge is 0.0116 e. The monoisotopic (exact) mass is 222 g/mol. The Kier molecular flexibility index (Phi) is 2.97. The van der Waals surface area contributed by atoms with Gasteiger partial charge in [-0.25, -0.2) is 0 Å². The molecule has 0 amide bonds. The molecule has 3 atom stereocenters. The molecular weight excluding hydrogens is 196 g/mol. The highest BCUT2D eigenvalue weighted by Crippen LogP contribution is 2.40. The number of nitrogens with zero attached hydrogens (tertiary/aromatic N) is 1. The van der Waals surface area contributed by atoms with Crippen LogP contribution < -0.4 is 5.73 Å². The van der Waals surface area contributed by atoms with E-state index in [-0.39, 0.29) is 0 Å². The van der Waals surface area contributed by atoms with Crippen LogP contribution in [0.1, 0.15) is 58.3 Å². The molecule has 2 nitrogen and oxygen atoms in total. The van der Waals surface area contributed by atoms with Crippen LogP contribution >= 0.6 is 0 Å². The second-order valence-electron chi connectivity index (χ2n) is 6.45. The summed E-state index contributed by atoms with van der Waals surface area (Å²) in [6.45, 7) is 2.46. The van der Waals surface area contributed by atoms with E-state index in [4.69, 9.17) is 5.73 Å². The fourth-order valence-electron chi connectivity index (χ4n) is 4.14. The first-order valence-electron chi connectivity index (χ1n) is 7.27. The van der Waals surface area contributed by atoms with Crippen molar-refractivity contribution in [2.75, 3.05) is 0 Å². The van der Waals surface area contributed by atoms with Crippen LogP contribution in [0.5, 0.6) is 0 Å². The van der Waals surface area contributed by atoms with E-state index in [9.17, 15) is 0 Å². The molecule has 3 aliphatic rings. The maximum absolute atomic E-state index is 6.17. The maximum atomic E-state index is 6.17. The highest BCUT2D eigenvalue weighted by Gasteiger charge is 2.40. The van der Waals surface area contributed by atoms with E-state index in [0.717, 1.165) is 24.0 Å². The van der Waals surface area contributed by atoms with Gasteiger partial charge in [-0.05, 0) is 44.9 Å². The minimum Gasteiger partial charge on any atom is -0.328 e. The van der Waals surface area contributed by atoms with Crippen LogP contribution in [0.2, 0.25) is 0 Å². The molecule has 0 aromatic carbocycles. The molecule has 2 aliphatic heterocycles. The van der Waals surface area contributed by atoms with Gasteiger partial charge in [0.05, 0.1) is 0 Å². The van der Waals surface area contributed by atoms with Gasteiger partial charge in [-0.1, -0.05) is 19.3 Å². The number of hydrogen-bond donors (Lipinski definition) is 1. The van der Waals surface area contributed by atoms with E-state index >= 15 is 0 Å². The molecule has 0 radical (unpaired) electrons. The van der Waals surface area contributed by atoms with Crippen LogP contribution in [0.3, 0.4) is 0 Å². The van der Waals surface area contributed by atoms with Gasteiger partial charge in [-0.3, -0.25) is 4.90 Å². The Bertz CT molecular complexity index is 235. The van der Waals surface area contributed by atoms with Crippen molar-refractivity contribution in [1.82, 2.24) is 4.90 Å². The Labute approximate surface area is 99.6 Å². The van der Waals surface area contributed by atoms with E-state index in [1.807, 2.05) is 0 Å². The summed E-state index contributed by atoms with van der Waals surface area (Å²) in [6.07, 6.45) is 11.2. The molecule has 92 valence electrons. The van der Waals surface area contributed by atoms with Crippen molar-refractivity contribution < 1.29 is 0 Å². The van der Waals surface area contributed by atoms with E-state index in [1.54, 1.807) is 0 Å². The first-order chi connectivity index (χ1) is 7.74. The Morgan fingerprint density at radius 2 is 1.75 bits per heavy atom. The van der Waals surface area contributed by atoms with Crippen LogP contribution in [0.4, 0.5) is 0 Å². The summed E-state index contributed by atoms with van der Waals surface area (Å²) in [5.74, 6) is 1.06. The van der Waals surface area contributed by atoms with Gasteiger partial charge < -0.3 is 5.73 Å². The van der Waals surface area contributed by atoms with Crippen LogP contribution in [0.25, 0.3) is 0 Å². The van der Waals surface area contributed by atoms with E-state index in [0.29, 0.717) is 6.04 Å². The van der Waals surface area contributed by atoms with Crippen molar-refractivity contribution in [1.29, 1.82) is 0 Å². The molecular formula is C14H26N2. The molecule has 1 aliphatic carbocycles. The average molecular weight is 222 g/mol. The van der Waals surface area contributed by atoms with Gasteiger partial charge >= 0.3 is 0 Å². The quantitative estimate of drug-likeness (QED) is 0.795. The second-order valence-corrected chi connectivity index (χ2v) is 6.45. The van der Waals surface area contributed by atoms with Gasteiger partial charge in [0.25, 0.3) is 0 Å². The molecule has 2 saturated heterocycles. The zero-order valence-corrected chi connectivity index (χ0v) is 10.6. The minimum atomic E-state index is 0.486. The molecule has 2 N–H and O–H groups in total. The van der Waals surface area contributed by atoms with Crippen molar-refractivity contribution in [3.05, 3.63) is 0 Å². The minimum absolute atomic E-state index is 0.486. The third kappa shape index (κ3) is 2.14. The Morgan fingerprint density at radius 1 is 1.12 bits per heavy atom. The lowest BCUT2D eigenvalue weighted by atomic mass is 9.80. The lowest BCUT2D eigenvalue weighted by Crippen LogP contribution is -2.58. The van der Waals surface area contributed by atoms with Crippen LogP contribution in [0, 0.1) is 5.92 Å². The van der Waals surface area contributed by atoms with E-state index < -0.39 is 0 Å². The van der Waals surface area contributed by atoms with Crippen molar-refractivity contribution in [3.8, 4) is 0 Å². The lowest BCUT2D eigenvalue weighted by molar-refractivity contribution is -0.00373. The molecule has 1 saturated carbocycles. The van der Waals surface area contributed by atoms with Crippen LogP contribution in [-0.2, 0) is 0 Å². The predicted molar refractivity (Wildman–Crippen MR) is 67.3 cm³/mol. The molecule has 2 heterocycles. The molecule has 0 spiro atoms. The van der Waals surface area contributed by atoms with Gasteiger partial charge in [-0.2, -0.15) is 0 Å². The lowest BCUT2D eigenvalue weighted by Gasteiger charge is -2.51. The first-order valence-corrected chi connectivity index (χ1v) is 7.27. The van der Waals surface area contributed by atoms with E-state index in [1.165, 1.54) is 51.4 Å². The van der Waals surface area contributed by atoms with Gasteiger partial charge in [-0.15, -0.1) is 0 Å². The predicted octanol–water partition coefficient (Wildman–Crippen LogP) is 2.52. The fraction of sp³-hybridized carbons (Fsp3) is 1.00. The van der Waals surface area contributed by atoms with Gasteiger partial charge in [0, 0.05) is 24.2 Å². The number of fused-ring (bicyclic) bond motifs is 2. The summed E-state index contributed by atoms with van der Waals surface area (Å²) in [7, 11) is 0. The Balaban J connectivity index is 1.67. The maximum Gasteiger partial charge on any atom is 0.0116 e. The largest absolute Gasteiger partial charge is 0.328 e. The molecule has 16 heavy (non-hydrogen) atoms. The van der Waals surface area contributed by atoms with Gasteiger partial charge in [0.1, 0.15) is 0 Å². The SMILES string of the molecule is CC(CC1CC1)N1C2CCCC1CC(N)C2. The molecule has 2 heteroatoms. The average Bonchev–Trinajstić information content (AvgIpc) is 2.99. The summed E-state index contributed by atoms with van der Waals surface area (Å²) in [4.78, 5) is 2.85. The molecule has 3 unspecified atom stereocenters. The molecule has 0 aromatic rings.